The van der Waals surface area contributed by atoms with Gasteiger partial charge in [-0.25, -0.2) is 13.4 Å². The van der Waals surface area contributed by atoms with Crippen LogP contribution >= 0.6 is 0 Å². The molecule has 1 fully saturated rings. The van der Waals surface area contributed by atoms with Gasteiger partial charge >= 0.3 is 0 Å². The molecule has 100 valence electrons. The molecule has 0 aromatic heterocycles. The van der Waals surface area contributed by atoms with Gasteiger partial charge in [0.05, 0.1) is 5.75 Å². The maximum absolute atomic E-state index is 12.3. The SMILES string of the molecule is Cc1ccccc1CS(=O)(=O)N1CCN(N)CC1. The highest BCUT2D eigenvalue weighted by atomic mass is 32.2. The number of rotatable bonds is 3. The molecular formula is C12H19N3O2S. The predicted molar refractivity (Wildman–Crippen MR) is 71.1 cm³/mol. The number of nitrogens with zero attached hydrogens (tertiary/aromatic N) is 2. The third-order valence-electron chi connectivity index (χ3n) is 3.27. The highest BCUT2D eigenvalue weighted by Crippen LogP contribution is 2.15. The molecule has 1 heterocycles. The largest absolute Gasteiger partial charge is 0.269 e. The summed E-state index contributed by atoms with van der Waals surface area (Å²) in [5.41, 5.74) is 1.88. The first-order valence-electron chi connectivity index (χ1n) is 6.01. The van der Waals surface area contributed by atoms with E-state index in [2.05, 4.69) is 0 Å². The summed E-state index contributed by atoms with van der Waals surface area (Å²) in [6.45, 7) is 4.07. The van der Waals surface area contributed by atoms with Crippen molar-refractivity contribution in [1.82, 2.24) is 9.31 Å². The molecule has 0 spiro atoms. The van der Waals surface area contributed by atoms with Gasteiger partial charge in [0, 0.05) is 26.2 Å². The molecule has 1 aliphatic rings. The van der Waals surface area contributed by atoms with Gasteiger partial charge in [0.2, 0.25) is 10.0 Å². The Balaban J connectivity index is 2.10. The van der Waals surface area contributed by atoms with Gasteiger partial charge in [-0.2, -0.15) is 4.31 Å². The van der Waals surface area contributed by atoms with Crippen molar-refractivity contribution in [2.45, 2.75) is 12.7 Å². The van der Waals surface area contributed by atoms with Gasteiger partial charge in [-0.05, 0) is 18.1 Å². The van der Waals surface area contributed by atoms with Crippen molar-refractivity contribution < 1.29 is 8.42 Å². The van der Waals surface area contributed by atoms with Crippen LogP contribution in [0.1, 0.15) is 11.1 Å². The normalized spacial score (nSPS) is 19.0. The zero-order valence-corrected chi connectivity index (χ0v) is 11.4. The molecule has 1 saturated heterocycles. The highest BCUT2D eigenvalue weighted by molar-refractivity contribution is 7.88. The van der Waals surface area contributed by atoms with Crippen LogP contribution in [0, 0.1) is 6.92 Å². The zero-order valence-electron chi connectivity index (χ0n) is 10.5. The van der Waals surface area contributed by atoms with Crippen molar-refractivity contribution in [3.8, 4) is 0 Å². The summed E-state index contributed by atoms with van der Waals surface area (Å²) >= 11 is 0. The zero-order chi connectivity index (χ0) is 13.2. The Hall–Kier alpha value is -0.950. The highest BCUT2D eigenvalue weighted by Gasteiger charge is 2.26. The number of sulfonamides is 1. The lowest BCUT2D eigenvalue weighted by Crippen LogP contribution is -2.51. The van der Waals surface area contributed by atoms with E-state index in [9.17, 15) is 8.42 Å². The van der Waals surface area contributed by atoms with Gasteiger partial charge < -0.3 is 0 Å². The van der Waals surface area contributed by atoms with E-state index in [0.29, 0.717) is 26.2 Å². The van der Waals surface area contributed by atoms with Crippen LogP contribution in [-0.2, 0) is 15.8 Å². The smallest absolute Gasteiger partial charge is 0.218 e. The molecule has 0 unspecified atom stereocenters. The molecule has 18 heavy (non-hydrogen) atoms. The second kappa shape index (κ2) is 5.36. The minimum Gasteiger partial charge on any atom is -0.269 e. The number of piperazine rings is 1. The quantitative estimate of drug-likeness (QED) is 0.802. The van der Waals surface area contributed by atoms with Gasteiger partial charge in [-0.1, -0.05) is 24.3 Å². The molecule has 1 aromatic carbocycles. The van der Waals surface area contributed by atoms with Crippen molar-refractivity contribution in [3.63, 3.8) is 0 Å². The van der Waals surface area contributed by atoms with Crippen LogP contribution in [0.2, 0.25) is 0 Å². The summed E-state index contributed by atoms with van der Waals surface area (Å²) in [6, 6.07) is 7.59. The standard InChI is InChI=1S/C12H19N3O2S/c1-11-4-2-3-5-12(11)10-18(16,17)15-8-6-14(13)7-9-15/h2-5H,6-10,13H2,1H3. The Morgan fingerprint density at radius 2 is 1.78 bits per heavy atom. The van der Waals surface area contributed by atoms with Crippen molar-refractivity contribution in [3.05, 3.63) is 35.4 Å². The number of hydrogen-bond acceptors (Lipinski definition) is 4. The van der Waals surface area contributed by atoms with Crippen molar-refractivity contribution in [2.75, 3.05) is 26.2 Å². The van der Waals surface area contributed by atoms with E-state index in [4.69, 9.17) is 5.84 Å². The van der Waals surface area contributed by atoms with Gasteiger partial charge in [-0.3, -0.25) is 5.84 Å². The van der Waals surface area contributed by atoms with E-state index >= 15 is 0 Å². The first-order chi connectivity index (χ1) is 8.49. The van der Waals surface area contributed by atoms with Gasteiger partial charge in [0.25, 0.3) is 0 Å². The Morgan fingerprint density at radius 1 is 1.17 bits per heavy atom. The molecule has 0 aliphatic carbocycles. The fraction of sp³-hybridized carbons (Fsp3) is 0.500. The summed E-state index contributed by atoms with van der Waals surface area (Å²) in [7, 11) is -3.23. The molecule has 0 amide bonds. The Labute approximate surface area is 108 Å². The minimum absolute atomic E-state index is 0.0737. The summed E-state index contributed by atoms with van der Waals surface area (Å²) in [5, 5.41) is 1.65. The summed E-state index contributed by atoms with van der Waals surface area (Å²) in [5.74, 6) is 5.70. The van der Waals surface area contributed by atoms with Crippen LogP contribution in [0.15, 0.2) is 24.3 Å². The van der Waals surface area contributed by atoms with Crippen LogP contribution in [-0.4, -0.2) is 43.9 Å². The van der Waals surface area contributed by atoms with E-state index in [1.54, 1.807) is 5.01 Å². The van der Waals surface area contributed by atoms with E-state index in [1.807, 2.05) is 31.2 Å². The van der Waals surface area contributed by atoms with Crippen molar-refractivity contribution in [2.24, 2.45) is 5.84 Å². The minimum atomic E-state index is -3.23. The molecule has 1 aromatic rings. The number of benzene rings is 1. The Bertz CT molecular complexity index is 508. The third-order valence-corrected chi connectivity index (χ3v) is 5.09. The first kappa shape index (κ1) is 13.5. The summed E-state index contributed by atoms with van der Waals surface area (Å²) in [6.07, 6.45) is 0. The topological polar surface area (TPSA) is 66.6 Å². The lowest BCUT2D eigenvalue weighted by molar-refractivity contribution is 0.192. The lowest BCUT2D eigenvalue weighted by atomic mass is 10.1. The number of aryl methyl sites for hydroxylation is 1. The first-order valence-corrected chi connectivity index (χ1v) is 7.62. The monoisotopic (exact) mass is 269 g/mol. The lowest BCUT2D eigenvalue weighted by Gasteiger charge is -2.31. The Morgan fingerprint density at radius 3 is 2.39 bits per heavy atom. The second-order valence-corrected chi connectivity index (χ2v) is 6.59. The molecule has 1 aliphatic heterocycles. The summed E-state index contributed by atoms with van der Waals surface area (Å²) < 4.78 is 26.1. The molecule has 6 heteroatoms. The third kappa shape index (κ3) is 3.08. The van der Waals surface area contributed by atoms with Gasteiger partial charge in [0.15, 0.2) is 0 Å². The van der Waals surface area contributed by atoms with Crippen LogP contribution in [0.4, 0.5) is 0 Å². The molecule has 2 N–H and O–H groups in total. The fourth-order valence-electron chi connectivity index (χ4n) is 2.04. The average Bonchev–Trinajstić information content (AvgIpc) is 2.32. The van der Waals surface area contributed by atoms with E-state index in [-0.39, 0.29) is 5.75 Å². The number of hydrazine groups is 1. The van der Waals surface area contributed by atoms with E-state index in [1.165, 1.54) is 4.31 Å². The molecule has 0 atom stereocenters. The molecule has 0 bridgehead atoms. The maximum Gasteiger partial charge on any atom is 0.218 e. The number of nitrogens with two attached hydrogens (primary N) is 1. The van der Waals surface area contributed by atoms with E-state index < -0.39 is 10.0 Å². The van der Waals surface area contributed by atoms with Crippen molar-refractivity contribution >= 4 is 10.0 Å². The van der Waals surface area contributed by atoms with E-state index in [0.717, 1.165) is 11.1 Å². The van der Waals surface area contributed by atoms with Crippen LogP contribution in [0.3, 0.4) is 0 Å². The van der Waals surface area contributed by atoms with Gasteiger partial charge in [0.1, 0.15) is 0 Å². The number of hydrogen-bond donors (Lipinski definition) is 1. The molecule has 0 radical (unpaired) electrons. The molecule has 0 saturated carbocycles. The van der Waals surface area contributed by atoms with Crippen LogP contribution in [0.5, 0.6) is 0 Å². The van der Waals surface area contributed by atoms with Crippen molar-refractivity contribution in [1.29, 1.82) is 0 Å². The molecular weight excluding hydrogens is 250 g/mol. The second-order valence-electron chi connectivity index (χ2n) is 4.62. The van der Waals surface area contributed by atoms with Gasteiger partial charge in [-0.15, -0.1) is 0 Å². The maximum atomic E-state index is 12.3. The molecule has 5 nitrogen and oxygen atoms in total. The Kier molecular flexibility index (Phi) is 4.01. The summed E-state index contributed by atoms with van der Waals surface area (Å²) in [4.78, 5) is 0. The van der Waals surface area contributed by atoms with Crippen LogP contribution < -0.4 is 5.84 Å². The predicted octanol–water partition coefficient (Wildman–Crippen LogP) is 0.316. The fourth-order valence-corrected chi connectivity index (χ4v) is 3.66. The average molecular weight is 269 g/mol. The molecule has 2 rings (SSSR count). The van der Waals surface area contributed by atoms with Crippen LogP contribution in [0.25, 0.3) is 0 Å².